The molecule has 28 heavy (non-hydrogen) atoms. The van der Waals surface area contributed by atoms with Crippen LogP contribution >= 0.6 is 0 Å². The summed E-state index contributed by atoms with van der Waals surface area (Å²) in [6.07, 6.45) is 2.48. The molecule has 0 saturated carbocycles. The van der Waals surface area contributed by atoms with Crippen LogP contribution in [0.1, 0.15) is 39.0 Å². The van der Waals surface area contributed by atoms with Gasteiger partial charge in [0.25, 0.3) is 5.91 Å². The fourth-order valence-electron chi connectivity index (χ4n) is 3.03. The predicted molar refractivity (Wildman–Crippen MR) is 104 cm³/mol. The minimum atomic E-state index is -1.19. The minimum Gasteiger partial charge on any atom is -0.493 e. The number of imidazole rings is 1. The Labute approximate surface area is 161 Å². The van der Waals surface area contributed by atoms with Crippen molar-refractivity contribution in [2.24, 2.45) is 0 Å². The first-order valence-corrected chi connectivity index (χ1v) is 8.67. The summed E-state index contributed by atoms with van der Waals surface area (Å²) in [4.78, 5) is 28.9. The Bertz CT molecular complexity index is 1070. The molecule has 0 fully saturated rings. The summed E-state index contributed by atoms with van der Waals surface area (Å²) < 4.78 is 12.2. The molecule has 0 bridgehead atoms. The highest BCUT2D eigenvalue weighted by atomic mass is 16.5. The summed E-state index contributed by atoms with van der Waals surface area (Å²) >= 11 is 0. The Hall–Kier alpha value is -3.55. The molecule has 3 rings (SSSR count). The molecular weight excluding hydrogens is 362 g/mol. The second-order valence-electron chi connectivity index (χ2n) is 6.16. The van der Waals surface area contributed by atoms with Gasteiger partial charge in [-0.15, -0.1) is 0 Å². The predicted octanol–water partition coefficient (Wildman–Crippen LogP) is 3.17. The molecule has 2 aromatic heterocycles. The number of pyridine rings is 1. The van der Waals surface area contributed by atoms with E-state index >= 15 is 0 Å². The highest BCUT2D eigenvalue weighted by molar-refractivity contribution is 6.08. The molecule has 0 saturated heterocycles. The first-order valence-electron chi connectivity index (χ1n) is 8.67. The number of aromatic carboxylic acids is 1. The number of amides is 1. The molecule has 1 amide bonds. The van der Waals surface area contributed by atoms with E-state index in [-0.39, 0.29) is 17.0 Å². The summed E-state index contributed by atoms with van der Waals surface area (Å²) in [5, 5.41) is 12.1. The quantitative estimate of drug-likeness (QED) is 0.678. The maximum Gasteiger partial charge on any atom is 0.337 e. The van der Waals surface area contributed by atoms with Crippen LogP contribution in [0.5, 0.6) is 11.5 Å². The van der Waals surface area contributed by atoms with Crippen LogP contribution in [-0.2, 0) is 6.42 Å². The second-order valence-corrected chi connectivity index (χ2v) is 6.16. The Morgan fingerprint density at radius 1 is 1.18 bits per heavy atom. The molecule has 0 radical (unpaired) electrons. The molecule has 146 valence electrons. The number of anilines is 1. The molecule has 0 aliphatic carbocycles. The Kier molecular flexibility index (Phi) is 5.21. The van der Waals surface area contributed by atoms with Crippen LogP contribution in [0.25, 0.3) is 5.65 Å². The number of hydrogen-bond acceptors (Lipinski definition) is 5. The van der Waals surface area contributed by atoms with Gasteiger partial charge in [-0.3, -0.25) is 4.79 Å². The minimum absolute atomic E-state index is 0.0980. The number of aryl methyl sites for hydroxylation is 2. The van der Waals surface area contributed by atoms with Crippen molar-refractivity contribution in [1.82, 2.24) is 9.38 Å². The van der Waals surface area contributed by atoms with E-state index in [0.29, 0.717) is 11.3 Å². The summed E-state index contributed by atoms with van der Waals surface area (Å²) in [5.74, 6) is -1.05. The monoisotopic (exact) mass is 383 g/mol. The van der Waals surface area contributed by atoms with Crippen LogP contribution in [0.3, 0.4) is 0 Å². The molecule has 3 aromatic rings. The zero-order valence-corrected chi connectivity index (χ0v) is 16.1. The van der Waals surface area contributed by atoms with Crippen molar-refractivity contribution in [3.8, 4) is 11.5 Å². The molecule has 8 heteroatoms. The number of aromatic nitrogens is 2. The van der Waals surface area contributed by atoms with Crippen LogP contribution in [-0.4, -0.2) is 40.6 Å². The first-order chi connectivity index (χ1) is 13.4. The van der Waals surface area contributed by atoms with Gasteiger partial charge in [-0.25, -0.2) is 9.78 Å². The first kappa shape index (κ1) is 19.2. The molecular formula is C20H21N3O5. The maximum atomic E-state index is 12.8. The Morgan fingerprint density at radius 3 is 2.46 bits per heavy atom. The van der Waals surface area contributed by atoms with Crippen molar-refractivity contribution in [2.45, 2.75) is 20.3 Å². The highest BCUT2D eigenvalue weighted by Gasteiger charge is 2.19. The van der Waals surface area contributed by atoms with Gasteiger partial charge in [0.05, 0.1) is 36.7 Å². The zero-order valence-electron chi connectivity index (χ0n) is 16.1. The number of benzene rings is 1. The number of nitrogens with zero attached hydrogens (tertiary/aromatic N) is 2. The largest absolute Gasteiger partial charge is 0.493 e. The number of hydrogen-bond donors (Lipinski definition) is 2. The van der Waals surface area contributed by atoms with E-state index in [1.54, 1.807) is 18.3 Å². The second kappa shape index (κ2) is 7.59. The van der Waals surface area contributed by atoms with Gasteiger partial charge < -0.3 is 24.3 Å². The van der Waals surface area contributed by atoms with E-state index in [4.69, 9.17) is 9.47 Å². The van der Waals surface area contributed by atoms with Crippen LogP contribution in [0.2, 0.25) is 0 Å². The molecule has 0 atom stereocenters. The smallest absolute Gasteiger partial charge is 0.337 e. The number of rotatable bonds is 6. The fraction of sp³-hybridized carbons (Fsp3) is 0.250. The van der Waals surface area contributed by atoms with Crippen LogP contribution < -0.4 is 14.8 Å². The lowest BCUT2D eigenvalue weighted by atomic mass is 10.1. The maximum absolute atomic E-state index is 12.8. The Balaban J connectivity index is 1.99. The van der Waals surface area contributed by atoms with Gasteiger partial charge in [0.1, 0.15) is 5.65 Å². The van der Waals surface area contributed by atoms with Gasteiger partial charge in [0.15, 0.2) is 11.5 Å². The average Bonchev–Trinajstić information content (AvgIpc) is 3.02. The average molecular weight is 383 g/mol. The number of carboxylic acids is 1. The van der Waals surface area contributed by atoms with E-state index in [1.807, 2.05) is 18.2 Å². The van der Waals surface area contributed by atoms with E-state index in [9.17, 15) is 14.7 Å². The summed E-state index contributed by atoms with van der Waals surface area (Å²) in [5.41, 5.74) is 3.08. The third kappa shape index (κ3) is 3.36. The number of carbonyl (C=O) groups excluding carboxylic acids is 1. The van der Waals surface area contributed by atoms with E-state index in [1.165, 1.54) is 26.4 Å². The van der Waals surface area contributed by atoms with Crippen molar-refractivity contribution in [2.75, 3.05) is 19.5 Å². The van der Waals surface area contributed by atoms with Crippen molar-refractivity contribution in [3.63, 3.8) is 0 Å². The lowest BCUT2D eigenvalue weighted by Gasteiger charge is -2.14. The number of ether oxygens (including phenoxy) is 2. The van der Waals surface area contributed by atoms with Gasteiger partial charge in [-0.05, 0) is 25.5 Å². The van der Waals surface area contributed by atoms with Gasteiger partial charge in [0.2, 0.25) is 0 Å². The normalized spacial score (nSPS) is 10.7. The van der Waals surface area contributed by atoms with Crippen LogP contribution in [0.4, 0.5) is 5.69 Å². The number of methoxy groups -OCH3 is 2. The third-order valence-electron chi connectivity index (χ3n) is 4.55. The number of nitrogens with one attached hydrogen (secondary N) is 1. The molecule has 8 nitrogen and oxygen atoms in total. The number of carbonyl (C=O) groups is 2. The summed E-state index contributed by atoms with van der Waals surface area (Å²) in [6.45, 7) is 3.96. The van der Waals surface area contributed by atoms with Crippen molar-refractivity contribution >= 4 is 23.2 Å². The van der Waals surface area contributed by atoms with Gasteiger partial charge >= 0.3 is 5.97 Å². The van der Waals surface area contributed by atoms with Crippen LogP contribution in [0.15, 0.2) is 30.5 Å². The van der Waals surface area contributed by atoms with Gasteiger partial charge in [-0.2, -0.15) is 0 Å². The van der Waals surface area contributed by atoms with Crippen molar-refractivity contribution < 1.29 is 24.2 Å². The topological polar surface area (TPSA) is 102 Å². The van der Waals surface area contributed by atoms with Gasteiger partial charge in [0, 0.05) is 24.0 Å². The SMILES string of the molecule is CCc1nc2ccc(C(=O)Nc3cc(OC)c(OC)cc3C(=O)O)cn2c1C. The van der Waals surface area contributed by atoms with E-state index < -0.39 is 11.9 Å². The number of fused-ring (bicyclic) bond motifs is 1. The number of carboxylic acid groups (broad SMARTS) is 1. The molecule has 0 spiro atoms. The summed E-state index contributed by atoms with van der Waals surface area (Å²) in [7, 11) is 2.85. The lowest BCUT2D eigenvalue weighted by molar-refractivity contribution is 0.0697. The van der Waals surface area contributed by atoms with Crippen molar-refractivity contribution in [1.29, 1.82) is 0 Å². The Morgan fingerprint density at radius 2 is 1.86 bits per heavy atom. The fourth-order valence-corrected chi connectivity index (χ4v) is 3.03. The zero-order chi connectivity index (χ0) is 20.4. The molecule has 2 heterocycles. The van der Waals surface area contributed by atoms with Crippen LogP contribution in [0, 0.1) is 6.92 Å². The standard InChI is InChI=1S/C20H21N3O5/c1-5-14-11(2)23-10-12(6-7-18(23)21-14)19(24)22-15-9-17(28-4)16(27-3)8-13(15)20(25)26/h6-10H,5H2,1-4H3,(H,22,24)(H,25,26). The molecule has 0 aliphatic heterocycles. The lowest BCUT2D eigenvalue weighted by Crippen LogP contribution is -2.16. The van der Waals surface area contributed by atoms with E-state index in [2.05, 4.69) is 10.3 Å². The van der Waals surface area contributed by atoms with E-state index in [0.717, 1.165) is 23.5 Å². The summed E-state index contributed by atoms with van der Waals surface area (Å²) in [6, 6.07) is 6.15. The molecule has 0 unspecified atom stereocenters. The highest BCUT2D eigenvalue weighted by Crippen LogP contribution is 2.33. The van der Waals surface area contributed by atoms with Crippen molar-refractivity contribution in [3.05, 3.63) is 53.0 Å². The van der Waals surface area contributed by atoms with Gasteiger partial charge in [-0.1, -0.05) is 6.92 Å². The third-order valence-corrected chi connectivity index (χ3v) is 4.55. The molecule has 1 aromatic carbocycles. The molecule has 0 aliphatic rings. The molecule has 2 N–H and O–H groups in total.